The number of likely N-dealkylation sites (tertiary alicyclic amines) is 1. The number of hydrogen-bond acceptors (Lipinski definition) is 4. The maximum absolute atomic E-state index is 12.7. The molecule has 1 aromatic rings. The van der Waals surface area contributed by atoms with Crippen LogP contribution in [0.25, 0.3) is 0 Å². The van der Waals surface area contributed by atoms with Crippen molar-refractivity contribution in [2.45, 2.75) is 39.8 Å². The number of amides is 2. The number of rotatable bonds is 7. The monoisotopic (exact) mass is 387 g/mol. The number of nitrogens with one attached hydrogen (secondary N) is 1. The smallest absolute Gasteiger partial charge is 0.225 e. The minimum Gasteiger partial charge on any atom is -0.379 e. The zero-order valence-electron chi connectivity index (χ0n) is 17.3. The maximum atomic E-state index is 12.7. The number of carbonyl (C=O) groups is 2. The van der Waals surface area contributed by atoms with Gasteiger partial charge >= 0.3 is 0 Å². The van der Waals surface area contributed by atoms with Gasteiger partial charge in [0.05, 0.1) is 19.1 Å². The van der Waals surface area contributed by atoms with Crippen molar-refractivity contribution in [3.63, 3.8) is 0 Å². The number of carbonyl (C=O) groups excluding carboxylic acids is 2. The van der Waals surface area contributed by atoms with Gasteiger partial charge in [0.25, 0.3) is 0 Å². The summed E-state index contributed by atoms with van der Waals surface area (Å²) in [5, 5.41) is 3.12. The molecule has 1 aromatic carbocycles. The van der Waals surface area contributed by atoms with Gasteiger partial charge in [-0.1, -0.05) is 43.7 Å². The molecular formula is C22H33N3O3. The van der Waals surface area contributed by atoms with Gasteiger partial charge in [0.1, 0.15) is 0 Å². The third-order valence-electron chi connectivity index (χ3n) is 5.85. The Labute approximate surface area is 168 Å². The summed E-state index contributed by atoms with van der Waals surface area (Å²) in [4.78, 5) is 29.3. The molecule has 0 spiro atoms. The van der Waals surface area contributed by atoms with Crippen molar-refractivity contribution < 1.29 is 14.3 Å². The number of morpholine rings is 1. The van der Waals surface area contributed by atoms with E-state index < -0.39 is 0 Å². The Bertz CT molecular complexity index is 668. The fraction of sp³-hybridized carbons (Fsp3) is 0.636. The first-order valence-electron chi connectivity index (χ1n) is 10.4. The Morgan fingerprint density at radius 2 is 1.89 bits per heavy atom. The standard InChI is InChI=1S/C22H33N3O3/c1-16(2)20(24-8-10-28-11-9-24)13-23-22(27)19-12-21(26)25(15-19)14-18-6-4-17(3)5-7-18/h4-7,16,19-20H,8-15H2,1-3H3,(H,23,27). The molecule has 0 bridgehead atoms. The fourth-order valence-corrected chi connectivity index (χ4v) is 4.06. The van der Waals surface area contributed by atoms with E-state index in [1.54, 1.807) is 4.90 Å². The van der Waals surface area contributed by atoms with Crippen LogP contribution in [0.4, 0.5) is 0 Å². The van der Waals surface area contributed by atoms with Crippen LogP contribution >= 0.6 is 0 Å². The first-order valence-corrected chi connectivity index (χ1v) is 10.4. The van der Waals surface area contributed by atoms with Gasteiger partial charge in [0.15, 0.2) is 0 Å². The minimum absolute atomic E-state index is 0.00124. The van der Waals surface area contributed by atoms with Crippen LogP contribution < -0.4 is 5.32 Å². The largest absolute Gasteiger partial charge is 0.379 e. The van der Waals surface area contributed by atoms with Crippen LogP contribution in [-0.2, 0) is 20.9 Å². The van der Waals surface area contributed by atoms with E-state index in [0.717, 1.165) is 31.9 Å². The highest BCUT2D eigenvalue weighted by Crippen LogP contribution is 2.21. The molecule has 2 atom stereocenters. The van der Waals surface area contributed by atoms with E-state index in [-0.39, 0.29) is 17.7 Å². The fourth-order valence-electron chi connectivity index (χ4n) is 4.06. The molecule has 1 N–H and O–H groups in total. The average molecular weight is 388 g/mol. The van der Waals surface area contributed by atoms with Crippen molar-refractivity contribution >= 4 is 11.8 Å². The van der Waals surface area contributed by atoms with Gasteiger partial charge < -0.3 is 15.0 Å². The molecule has 154 valence electrons. The quantitative estimate of drug-likeness (QED) is 0.775. The van der Waals surface area contributed by atoms with E-state index in [0.29, 0.717) is 38.0 Å². The Hall–Kier alpha value is -1.92. The molecule has 6 heteroatoms. The highest BCUT2D eigenvalue weighted by atomic mass is 16.5. The van der Waals surface area contributed by atoms with E-state index in [4.69, 9.17) is 4.74 Å². The van der Waals surface area contributed by atoms with Gasteiger partial charge in [-0.2, -0.15) is 0 Å². The van der Waals surface area contributed by atoms with Crippen LogP contribution in [0, 0.1) is 18.8 Å². The van der Waals surface area contributed by atoms with Crippen LogP contribution in [0.2, 0.25) is 0 Å². The molecule has 0 aliphatic carbocycles. The summed E-state index contributed by atoms with van der Waals surface area (Å²) in [7, 11) is 0. The first-order chi connectivity index (χ1) is 13.4. The van der Waals surface area contributed by atoms with E-state index >= 15 is 0 Å². The Morgan fingerprint density at radius 3 is 2.54 bits per heavy atom. The summed E-state index contributed by atoms with van der Waals surface area (Å²) in [6.07, 6.45) is 0.307. The molecule has 28 heavy (non-hydrogen) atoms. The van der Waals surface area contributed by atoms with E-state index in [9.17, 15) is 9.59 Å². The van der Waals surface area contributed by atoms with Crippen LogP contribution in [0.15, 0.2) is 24.3 Å². The van der Waals surface area contributed by atoms with Gasteiger partial charge in [-0.3, -0.25) is 14.5 Å². The molecule has 2 amide bonds. The number of aryl methyl sites for hydroxylation is 1. The van der Waals surface area contributed by atoms with Crippen molar-refractivity contribution in [3.8, 4) is 0 Å². The molecule has 6 nitrogen and oxygen atoms in total. The lowest BCUT2D eigenvalue weighted by atomic mass is 10.0. The lowest BCUT2D eigenvalue weighted by molar-refractivity contribution is -0.129. The Kier molecular flexibility index (Phi) is 7.08. The van der Waals surface area contributed by atoms with Crippen molar-refractivity contribution in [2.75, 3.05) is 39.4 Å². The first kappa shape index (κ1) is 20.8. The van der Waals surface area contributed by atoms with Crippen LogP contribution in [0.5, 0.6) is 0 Å². The summed E-state index contributed by atoms with van der Waals surface area (Å²) < 4.78 is 5.44. The zero-order valence-corrected chi connectivity index (χ0v) is 17.3. The van der Waals surface area contributed by atoms with Crippen molar-refractivity contribution in [1.29, 1.82) is 0 Å². The van der Waals surface area contributed by atoms with Gasteiger partial charge in [-0.15, -0.1) is 0 Å². The van der Waals surface area contributed by atoms with Gasteiger partial charge in [-0.05, 0) is 18.4 Å². The zero-order chi connectivity index (χ0) is 20.1. The van der Waals surface area contributed by atoms with Crippen LogP contribution in [-0.4, -0.2) is 67.0 Å². The SMILES string of the molecule is Cc1ccc(CN2CC(C(=O)NCC(C(C)C)N3CCOCC3)CC2=O)cc1. The normalized spacial score (nSPS) is 21.9. The van der Waals surface area contributed by atoms with Gasteiger partial charge in [0, 0.05) is 45.2 Å². The van der Waals surface area contributed by atoms with E-state index in [2.05, 4.69) is 36.2 Å². The summed E-state index contributed by atoms with van der Waals surface area (Å²) >= 11 is 0. The molecule has 2 aliphatic heterocycles. The minimum atomic E-state index is -0.254. The van der Waals surface area contributed by atoms with Gasteiger partial charge in [-0.25, -0.2) is 0 Å². The Balaban J connectivity index is 1.51. The van der Waals surface area contributed by atoms with E-state index in [1.807, 2.05) is 19.1 Å². The molecule has 0 saturated carbocycles. The van der Waals surface area contributed by atoms with Crippen LogP contribution in [0.3, 0.4) is 0 Å². The van der Waals surface area contributed by atoms with Crippen molar-refractivity contribution in [3.05, 3.63) is 35.4 Å². The second-order valence-electron chi connectivity index (χ2n) is 8.37. The lowest BCUT2D eigenvalue weighted by Crippen LogP contribution is -2.51. The summed E-state index contributed by atoms with van der Waals surface area (Å²) in [5.41, 5.74) is 2.31. The summed E-state index contributed by atoms with van der Waals surface area (Å²) in [6.45, 7) is 11.4. The number of nitrogens with zero attached hydrogens (tertiary/aromatic N) is 2. The second kappa shape index (κ2) is 9.52. The molecule has 2 fully saturated rings. The number of benzene rings is 1. The molecule has 3 rings (SSSR count). The third-order valence-corrected chi connectivity index (χ3v) is 5.85. The number of hydrogen-bond donors (Lipinski definition) is 1. The predicted molar refractivity (Wildman–Crippen MR) is 109 cm³/mol. The Morgan fingerprint density at radius 1 is 1.21 bits per heavy atom. The number of ether oxygens (including phenoxy) is 1. The van der Waals surface area contributed by atoms with Gasteiger partial charge in [0.2, 0.25) is 11.8 Å². The van der Waals surface area contributed by atoms with Crippen molar-refractivity contribution in [2.24, 2.45) is 11.8 Å². The molecular weight excluding hydrogens is 354 g/mol. The molecule has 2 aliphatic rings. The highest BCUT2D eigenvalue weighted by Gasteiger charge is 2.35. The second-order valence-corrected chi connectivity index (χ2v) is 8.37. The lowest BCUT2D eigenvalue weighted by Gasteiger charge is -2.37. The summed E-state index contributed by atoms with van der Waals surface area (Å²) in [5.74, 6) is 0.255. The molecule has 0 radical (unpaired) electrons. The van der Waals surface area contributed by atoms with Crippen LogP contribution in [0.1, 0.15) is 31.4 Å². The van der Waals surface area contributed by atoms with E-state index in [1.165, 1.54) is 5.56 Å². The average Bonchev–Trinajstić information content (AvgIpc) is 3.05. The van der Waals surface area contributed by atoms with Crippen molar-refractivity contribution in [1.82, 2.24) is 15.1 Å². The summed E-state index contributed by atoms with van der Waals surface area (Å²) in [6, 6.07) is 8.50. The topological polar surface area (TPSA) is 61.9 Å². The molecule has 2 heterocycles. The third kappa shape index (κ3) is 5.32. The molecule has 0 aromatic heterocycles. The molecule has 2 saturated heterocycles. The molecule has 2 unspecified atom stereocenters. The predicted octanol–water partition coefficient (Wildman–Crippen LogP) is 1.82. The highest BCUT2D eigenvalue weighted by molar-refractivity contribution is 5.89. The maximum Gasteiger partial charge on any atom is 0.225 e.